The highest BCUT2D eigenvalue weighted by molar-refractivity contribution is 7.00. The van der Waals surface area contributed by atoms with Gasteiger partial charge in [-0.05, 0) is 23.8 Å². The van der Waals surface area contributed by atoms with Crippen molar-refractivity contribution in [3.8, 4) is 0 Å². The molecule has 2 aromatic carbocycles. The Labute approximate surface area is 123 Å². The first-order valence-electron chi connectivity index (χ1n) is 7.26. The fourth-order valence-corrected chi connectivity index (χ4v) is 12.0. The van der Waals surface area contributed by atoms with Gasteiger partial charge in [-0.3, -0.25) is 0 Å². The van der Waals surface area contributed by atoms with Crippen LogP contribution in [0.4, 0.5) is 0 Å². The van der Waals surface area contributed by atoms with Gasteiger partial charge in [-0.2, -0.15) is 0 Å². The van der Waals surface area contributed by atoms with Crippen molar-refractivity contribution < 1.29 is 4.43 Å². The average Bonchev–Trinajstić information content (AvgIpc) is 2.45. The zero-order chi connectivity index (χ0) is 14.4. The molecule has 0 N–H and O–H groups in total. The molecule has 0 spiro atoms. The monoisotopic (exact) mass is 298 g/mol. The minimum Gasteiger partial charge on any atom is -0.408 e. The molecule has 0 amide bonds. The molecular formula is C17H22OSi2. The van der Waals surface area contributed by atoms with Crippen LogP contribution in [-0.2, 0) is 4.43 Å². The number of rotatable bonds is 1. The molecule has 0 fully saturated rings. The maximum atomic E-state index is 6.70. The first kappa shape index (κ1) is 13.8. The number of hydrogen-bond acceptors (Lipinski definition) is 1. The summed E-state index contributed by atoms with van der Waals surface area (Å²) in [7, 11) is -3.47. The van der Waals surface area contributed by atoms with Crippen molar-refractivity contribution in [2.75, 3.05) is 0 Å². The van der Waals surface area contributed by atoms with Crippen molar-refractivity contribution >= 4 is 26.8 Å². The van der Waals surface area contributed by atoms with E-state index in [1.54, 1.807) is 5.19 Å². The summed E-state index contributed by atoms with van der Waals surface area (Å²) in [5.41, 5.74) is 1.62. The first-order valence-corrected chi connectivity index (χ1v) is 13.2. The molecule has 1 atom stereocenters. The topological polar surface area (TPSA) is 9.23 Å². The second-order valence-corrected chi connectivity index (χ2v) is 15.0. The lowest BCUT2D eigenvalue weighted by atomic mass is 10.2. The van der Waals surface area contributed by atoms with E-state index in [-0.39, 0.29) is 5.73 Å². The zero-order valence-electron chi connectivity index (χ0n) is 12.7. The van der Waals surface area contributed by atoms with Gasteiger partial charge >= 0.3 is 0 Å². The van der Waals surface area contributed by atoms with Gasteiger partial charge in [-0.15, -0.1) is 0 Å². The molecule has 1 aliphatic heterocycles. The molecule has 1 nitrogen and oxygen atoms in total. The van der Waals surface area contributed by atoms with Crippen LogP contribution in [0.5, 0.6) is 0 Å². The van der Waals surface area contributed by atoms with Crippen molar-refractivity contribution in [2.24, 2.45) is 0 Å². The Morgan fingerprint density at radius 2 is 1.30 bits per heavy atom. The maximum absolute atomic E-state index is 6.70. The molecule has 0 radical (unpaired) electrons. The predicted molar refractivity (Wildman–Crippen MR) is 90.9 cm³/mol. The molecule has 3 heteroatoms. The summed E-state index contributed by atoms with van der Waals surface area (Å²) in [4.78, 5) is 0. The highest BCUT2D eigenvalue weighted by Gasteiger charge is 2.47. The van der Waals surface area contributed by atoms with E-state index in [9.17, 15) is 0 Å². The van der Waals surface area contributed by atoms with Gasteiger partial charge in [0.2, 0.25) is 8.32 Å². The third-order valence-electron chi connectivity index (χ3n) is 4.44. The van der Waals surface area contributed by atoms with Crippen molar-refractivity contribution in [1.29, 1.82) is 0 Å². The van der Waals surface area contributed by atoms with Gasteiger partial charge in [-0.1, -0.05) is 72.9 Å². The van der Waals surface area contributed by atoms with Crippen LogP contribution in [0.15, 0.2) is 54.6 Å². The van der Waals surface area contributed by atoms with Gasteiger partial charge in [0.25, 0.3) is 0 Å². The van der Waals surface area contributed by atoms with E-state index in [4.69, 9.17) is 4.43 Å². The lowest BCUT2D eigenvalue weighted by Gasteiger charge is -2.46. The van der Waals surface area contributed by atoms with E-state index < -0.39 is 16.4 Å². The molecule has 0 aromatic heterocycles. The molecule has 1 heterocycles. The van der Waals surface area contributed by atoms with Crippen LogP contribution in [0, 0.1) is 0 Å². The smallest absolute Gasteiger partial charge is 0.218 e. The molecule has 20 heavy (non-hydrogen) atoms. The van der Waals surface area contributed by atoms with Gasteiger partial charge in [0.15, 0.2) is 0 Å². The van der Waals surface area contributed by atoms with E-state index >= 15 is 0 Å². The van der Waals surface area contributed by atoms with E-state index in [1.807, 2.05) is 0 Å². The van der Waals surface area contributed by atoms with Crippen LogP contribution in [0.3, 0.4) is 0 Å². The lowest BCUT2D eigenvalue weighted by Crippen LogP contribution is -2.68. The fourth-order valence-electron chi connectivity index (χ4n) is 3.33. The van der Waals surface area contributed by atoms with Crippen LogP contribution < -0.4 is 10.4 Å². The Hall–Kier alpha value is -1.17. The zero-order valence-corrected chi connectivity index (χ0v) is 14.7. The summed E-state index contributed by atoms with van der Waals surface area (Å²) in [6.07, 6.45) is 0. The van der Waals surface area contributed by atoms with Gasteiger partial charge in [0, 0.05) is 0 Å². The van der Waals surface area contributed by atoms with Crippen LogP contribution in [0.2, 0.25) is 26.2 Å². The quantitative estimate of drug-likeness (QED) is 0.734. The summed E-state index contributed by atoms with van der Waals surface area (Å²) in [6, 6.07) is 19.7. The minimum absolute atomic E-state index is 0.278. The fraction of sp³-hybridized carbons (Fsp3) is 0.294. The van der Waals surface area contributed by atoms with Gasteiger partial charge in [0.05, 0.1) is 5.73 Å². The largest absolute Gasteiger partial charge is 0.408 e. The average molecular weight is 299 g/mol. The van der Waals surface area contributed by atoms with E-state index in [0.717, 1.165) is 0 Å². The lowest BCUT2D eigenvalue weighted by molar-refractivity contribution is 0.271. The normalized spacial score (nSPS) is 23.1. The highest BCUT2D eigenvalue weighted by atomic mass is 28.4. The molecular weight excluding hydrogens is 276 g/mol. The number of hydrogen-bond donors (Lipinski definition) is 0. The van der Waals surface area contributed by atoms with E-state index in [0.29, 0.717) is 0 Å². The van der Waals surface area contributed by atoms with Crippen molar-refractivity contribution in [3.63, 3.8) is 0 Å². The van der Waals surface area contributed by atoms with Crippen molar-refractivity contribution in [2.45, 2.75) is 31.9 Å². The predicted octanol–water partition coefficient (Wildman–Crippen LogP) is 3.32. The Morgan fingerprint density at radius 1 is 0.750 bits per heavy atom. The van der Waals surface area contributed by atoms with Gasteiger partial charge < -0.3 is 4.43 Å². The second kappa shape index (κ2) is 4.69. The molecule has 104 valence electrons. The molecule has 3 rings (SSSR count). The Balaban J connectivity index is 2.17. The molecule has 1 unspecified atom stereocenters. The van der Waals surface area contributed by atoms with Crippen molar-refractivity contribution in [3.05, 3.63) is 60.2 Å². The maximum Gasteiger partial charge on any atom is 0.218 e. The third kappa shape index (κ3) is 2.10. The third-order valence-corrected chi connectivity index (χ3v) is 11.1. The standard InChI is InChI=1S/C17H22OSi2/c1-19(2)15-12-8-9-13-16(15)20(3,4)18-17(19)14-10-6-5-7-11-14/h5-13,17H,1-4H3. The summed E-state index contributed by atoms with van der Waals surface area (Å²) in [5.74, 6) is 0. The molecule has 1 aliphatic rings. The number of fused-ring (bicyclic) bond motifs is 1. The summed E-state index contributed by atoms with van der Waals surface area (Å²) in [6.45, 7) is 9.52. The van der Waals surface area contributed by atoms with E-state index in [1.165, 1.54) is 10.8 Å². The molecule has 0 saturated carbocycles. The Kier molecular flexibility index (Phi) is 3.23. The second-order valence-electron chi connectivity index (χ2n) is 6.69. The number of benzene rings is 2. The molecule has 0 aliphatic carbocycles. The summed E-state index contributed by atoms with van der Waals surface area (Å²) >= 11 is 0. The summed E-state index contributed by atoms with van der Waals surface area (Å²) in [5, 5.41) is 3.10. The minimum atomic E-state index is -1.81. The summed E-state index contributed by atoms with van der Waals surface area (Å²) < 4.78 is 6.70. The Bertz CT molecular complexity index is 620. The first-order chi connectivity index (χ1) is 9.43. The Morgan fingerprint density at radius 3 is 1.95 bits per heavy atom. The van der Waals surface area contributed by atoms with Crippen LogP contribution >= 0.6 is 0 Å². The van der Waals surface area contributed by atoms with E-state index in [2.05, 4.69) is 80.8 Å². The molecule has 0 saturated heterocycles. The molecule has 0 bridgehead atoms. The van der Waals surface area contributed by atoms with Gasteiger partial charge in [-0.25, -0.2) is 0 Å². The van der Waals surface area contributed by atoms with Crippen LogP contribution in [-0.4, -0.2) is 16.4 Å². The van der Waals surface area contributed by atoms with Gasteiger partial charge in [0.1, 0.15) is 8.07 Å². The highest BCUT2D eigenvalue weighted by Crippen LogP contribution is 2.34. The van der Waals surface area contributed by atoms with Crippen molar-refractivity contribution in [1.82, 2.24) is 0 Å². The molecule has 2 aromatic rings. The SMILES string of the molecule is C[Si]1(C)OC(c2ccccc2)[Si](C)(C)c2ccccc21. The van der Waals surface area contributed by atoms with Crippen LogP contribution in [0.1, 0.15) is 11.3 Å². The van der Waals surface area contributed by atoms with Crippen LogP contribution in [0.25, 0.3) is 0 Å².